The van der Waals surface area contributed by atoms with Crippen LogP contribution in [0, 0.1) is 0 Å². The molecular weight excluding hydrogens is 414 g/mol. The molecule has 3 aromatic rings. The van der Waals surface area contributed by atoms with Gasteiger partial charge >= 0.3 is 5.97 Å². The second kappa shape index (κ2) is 8.11. The van der Waals surface area contributed by atoms with Gasteiger partial charge in [-0.3, -0.25) is 4.79 Å². The first-order valence-electron chi connectivity index (χ1n) is 8.29. The van der Waals surface area contributed by atoms with E-state index in [4.69, 9.17) is 9.88 Å². The Balaban J connectivity index is 2.20. The number of carbonyl (C=O) groups excluding carboxylic acids is 2. The van der Waals surface area contributed by atoms with Gasteiger partial charge in [0.25, 0.3) is 5.91 Å². The Bertz CT molecular complexity index is 1300. The molecule has 0 unspecified atom stereocenters. The van der Waals surface area contributed by atoms with E-state index in [0.29, 0.717) is 21.6 Å². The number of amides is 1. The molecule has 2 N–H and O–H groups in total. The number of sulfonamides is 1. The summed E-state index contributed by atoms with van der Waals surface area (Å²) in [5, 5.41) is 5.20. The second-order valence-electron chi connectivity index (χ2n) is 5.91. The van der Waals surface area contributed by atoms with Gasteiger partial charge in [0.1, 0.15) is 0 Å². The Morgan fingerprint density at radius 1 is 1.24 bits per heavy atom. The highest BCUT2D eigenvalue weighted by Crippen LogP contribution is 2.21. The average molecular weight is 431 g/mol. The van der Waals surface area contributed by atoms with Crippen LogP contribution in [0.4, 0.5) is 0 Å². The van der Waals surface area contributed by atoms with E-state index in [-0.39, 0.29) is 16.0 Å². The fourth-order valence-corrected chi connectivity index (χ4v) is 4.42. The largest absolute Gasteiger partial charge is 0.465 e. The molecule has 0 atom stereocenters. The van der Waals surface area contributed by atoms with Crippen molar-refractivity contribution in [2.75, 3.05) is 7.11 Å². The molecule has 1 heterocycles. The molecule has 10 heteroatoms. The van der Waals surface area contributed by atoms with Crippen LogP contribution >= 0.6 is 11.3 Å². The highest BCUT2D eigenvalue weighted by Gasteiger charge is 2.18. The van der Waals surface area contributed by atoms with E-state index >= 15 is 0 Å². The van der Waals surface area contributed by atoms with Gasteiger partial charge < -0.3 is 9.30 Å². The molecule has 0 bridgehead atoms. The van der Waals surface area contributed by atoms with Crippen LogP contribution in [0.3, 0.4) is 0 Å². The molecular formula is C19H17N3O5S2. The number of ether oxygens (including phenoxy) is 1. The maximum absolute atomic E-state index is 12.8. The molecule has 3 rings (SSSR count). The molecule has 0 radical (unpaired) electrons. The van der Waals surface area contributed by atoms with Crippen molar-refractivity contribution in [3.05, 3.63) is 71.0 Å². The number of thiazole rings is 1. The predicted octanol–water partition coefficient (Wildman–Crippen LogP) is 2.06. The summed E-state index contributed by atoms with van der Waals surface area (Å²) in [4.78, 5) is 29.2. The van der Waals surface area contributed by atoms with Gasteiger partial charge in [0.2, 0.25) is 10.0 Å². The Morgan fingerprint density at radius 2 is 1.93 bits per heavy atom. The standard InChI is InChI=1S/C19H17N3O5S2/c1-3-10-22-15-9-8-12(29(20,25)26)11-16(15)28-19(22)21-17(23)13-6-4-5-7-14(13)18(24)27-2/h3-9,11H,1,10H2,2H3,(H2,20,25,26). The Kier molecular flexibility index (Phi) is 5.78. The smallest absolute Gasteiger partial charge is 0.338 e. The van der Waals surface area contributed by atoms with E-state index in [1.807, 2.05) is 0 Å². The van der Waals surface area contributed by atoms with Crippen molar-refractivity contribution < 1.29 is 22.7 Å². The molecule has 8 nitrogen and oxygen atoms in total. The first kappa shape index (κ1) is 20.6. The molecule has 0 aliphatic carbocycles. The predicted molar refractivity (Wildman–Crippen MR) is 109 cm³/mol. The number of esters is 1. The number of nitrogens with two attached hydrogens (primary N) is 1. The first-order chi connectivity index (χ1) is 13.8. The lowest BCUT2D eigenvalue weighted by molar-refractivity contribution is 0.0597. The number of rotatable bonds is 5. The number of allylic oxidation sites excluding steroid dienone is 1. The summed E-state index contributed by atoms with van der Waals surface area (Å²) < 4.78 is 30.3. The Hall–Kier alpha value is -3.08. The average Bonchev–Trinajstić information content (AvgIpc) is 3.03. The van der Waals surface area contributed by atoms with Gasteiger partial charge in [-0.15, -0.1) is 6.58 Å². The van der Waals surface area contributed by atoms with Crippen molar-refractivity contribution >= 4 is 43.5 Å². The highest BCUT2D eigenvalue weighted by atomic mass is 32.2. The van der Waals surface area contributed by atoms with Crippen molar-refractivity contribution in [3.8, 4) is 0 Å². The quantitative estimate of drug-likeness (QED) is 0.490. The normalized spacial score (nSPS) is 12.1. The minimum atomic E-state index is -3.87. The molecule has 150 valence electrons. The van der Waals surface area contributed by atoms with Gasteiger partial charge in [-0.05, 0) is 30.3 Å². The van der Waals surface area contributed by atoms with E-state index in [1.54, 1.807) is 28.8 Å². The van der Waals surface area contributed by atoms with E-state index in [1.165, 1.54) is 31.4 Å². The summed E-state index contributed by atoms with van der Waals surface area (Å²) in [5.74, 6) is -1.26. The van der Waals surface area contributed by atoms with Crippen LogP contribution in [0.5, 0.6) is 0 Å². The highest BCUT2D eigenvalue weighted by molar-refractivity contribution is 7.89. The zero-order valence-corrected chi connectivity index (χ0v) is 17.0. The molecule has 0 saturated carbocycles. The van der Waals surface area contributed by atoms with Gasteiger partial charge in [-0.1, -0.05) is 29.5 Å². The fraction of sp³-hybridized carbons (Fsp3) is 0.105. The monoisotopic (exact) mass is 431 g/mol. The minimum Gasteiger partial charge on any atom is -0.465 e. The van der Waals surface area contributed by atoms with Gasteiger partial charge in [0, 0.05) is 6.54 Å². The number of hydrogen-bond donors (Lipinski definition) is 1. The molecule has 0 aliphatic rings. The molecule has 0 saturated heterocycles. The Morgan fingerprint density at radius 3 is 2.55 bits per heavy atom. The second-order valence-corrected chi connectivity index (χ2v) is 8.48. The number of fused-ring (bicyclic) bond motifs is 1. The molecule has 29 heavy (non-hydrogen) atoms. The zero-order chi connectivity index (χ0) is 21.2. The third-order valence-corrected chi connectivity index (χ3v) is 6.01. The fourth-order valence-electron chi connectivity index (χ4n) is 2.73. The summed E-state index contributed by atoms with van der Waals surface area (Å²) in [7, 11) is -2.64. The van der Waals surface area contributed by atoms with Crippen molar-refractivity contribution in [1.29, 1.82) is 0 Å². The molecule has 0 fully saturated rings. The van der Waals surface area contributed by atoms with Crippen LogP contribution in [-0.4, -0.2) is 32.0 Å². The van der Waals surface area contributed by atoms with Gasteiger partial charge in [-0.25, -0.2) is 18.4 Å². The third kappa shape index (κ3) is 4.19. The number of primary sulfonamides is 1. The van der Waals surface area contributed by atoms with Gasteiger partial charge in [0.15, 0.2) is 4.80 Å². The number of hydrogen-bond acceptors (Lipinski definition) is 6. The lowest BCUT2D eigenvalue weighted by Crippen LogP contribution is -2.17. The van der Waals surface area contributed by atoms with Gasteiger partial charge in [0.05, 0.1) is 33.3 Å². The summed E-state index contributed by atoms with van der Waals surface area (Å²) >= 11 is 1.13. The van der Waals surface area contributed by atoms with E-state index in [2.05, 4.69) is 11.6 Å². The van der Waals surface area contributed by atoms with Crippen molar-refractivity contribution in [2.45, 2.75) is 11.4 Å². The number of carbonyl (C=O) groups is 2. The Labute approximate surface area is 170 Å². The number of benzene rings is 2. The number of nitrogens with zero attached hydrogens (tertiary/aromatic N) is 2. The summed E-state index contributed by atoms with van der Waals surface area (Å²) in [5.41, 5.74) is 0.888. The van der Waals surface area contributed by atoms with E-state index in [9.17, 15) is 18.0 Å². The maximum Gasteiger partial charge on any atom is 0.338 e. The summed E-state index contributed by atoms with van der Waals surface area (Å²) in [6, 6.07) is 10.6. The van der Waals surface area contributed by atoms with Crippen LogP contribution in [0.25, 0.3) is 10.2 Å². The van der Waals surface area contributed by atoms with E-state index in [0.717, 1.165) is 11.3 Å². The molecule has 0 aliphatic heterocycles. The zero-order valence-electron chi connectivity index (χ0n) is 15.4. The van der Waals surface area contributed by atoms with Gasteiger partial charge in [-0.2, -0.15) is 4.99 Å². The molecule has 1 amide bonds. The van der Waals surface area contributed by atoms with Crippen molar-refractivity contribution in [1.82, 2.24) is 4.57 Å². The van der Waals surface area contributed by atoms with Crippen molar-refractivity contribution in [3.63, 3.8) is 0 Å². The lowest BCUT2D eigenvalue weighted by atomic mass is 10.1. The molecule has 0 spiro atoms. The van der Waals surface area contributed by atoms with Crippen LogP contribution < -0.4 is 9.94 Å². The van der Waals surface area contributed by atoms with Crippen LogP contribution in [0.15, 0.2) is 65.0 Å². The number of aromatic nitrogens is 1. The van der Waals surface area contributed by atoms with Crippen LogP contribution in [0.2, 0.25) is 0 Å². The minimum absolute atomic E-state index is 0.0362. The van der Waals surface area contributed by atoms with Crippen molar-refractivity contribution in [2.24, 2.45) is 10.1 Å². The van der Waals surface area contributed by atoms with Crippen LogP contribution in [-0.2, 0) is 21.3 Å². The van der Waals surface area contributed by atoms with E-state index < -0.39 is 21.9 Å². The summed E-state index contributed by atoms with van der Waals surface area (Å²) in [6.07, 6.45) is 1.63. The topological polar surface area (TPSA) is 121 Å². The third-order valence-electron chi connectivity index (χ3n) is 4.05. The first-order valence-corrected chi connectivity index (χ1v) is 10.7. The maximum atomic E-state index is 12.8. The molecule has 2 aromatic carbocycles. The van der Waals surface area contributed by atoms with Crippen LogP contribution in [0.1, 0.15) is 20.7 Å². The molecule has 1 aromatic heterocycles. The lowest BCUT2D eigenvalue weighted by Gasteiger charge is -2.04. The SMILES string of the molecule is C=CCn1c(=NC(=O)c2ccccc2C(=O)OC)sc2cc(S(N)(=O)=O)ccc21. The number of methoxy groups -OCH3 is 1. The summed E-state index contributed by atoms with van der Waals surface area (Å²) in [6.45, 7) is 4.05.